The van der Waals surface area contributed by atoms with Gasteiger partial charge in [0.25, 0.3) is 0 Å². The van der Waals surface area contributed by atoms with E-state index < -0.39 is 0 Å². The van der Waals surface area contributed by atoms with Gasteiger partial charge in [0.15, 0.2) is 0 Å². The Morgan fingerprint density at radius 2 is 2.10 bits per heavy atom. The van der Waals surface area contributed by atoms with Crippen LogP contribution in [-0.2, 0) is 9.59 Å². The van der Waals surface area contributed by atoms with Crippen LogP contribution in [0.25, 0.3) is 6.08 Å². The lowest BCUT2D eigenvalue weighted by molar-refractivity contribution is -0.132. The molecule has 1 aromatic rings. The van der Waals surface area contributed by atoms with Crippen molar-refractivity contribution in [2.75, 3.05) is 18.8 Å². The van der Waals surface area contributed by atoms with Gasteiger partial charge in [0, 0.05) is 24.9 Å². The van der Waals surface area contributed by atoms with Crippen molar-refractivity contribution in [3.05, 3.63) is 35.9 Å². The molecule has 21 heavy (non-hydrogen) atoms. The normalized spacial score (nSPS) is 25.0. The molecule has 2 aliphatic rings. The highest BCUT2D eigenvalue weighted by Crippen LogP contribution is 2.27. The fourth-order valence-corrected chi connectivity index (χ4v) is 3.10. The monoisotopic (exact) mass is 285 g/mol. The molecule has 3 rings (SSSR count). The summed E-state index contributed by atoms with van der Waals surface area (Å²) < 4.78 is 0. The smallest absolute Gasteiger partial charge is 0.246 e. The average Bonchev–Trinajstić information content (AvgIpc) is 2.88. The second kappa shape index (κ2) is 5.60. The predicted molar refractivity (Wildman–Crippen MR) is 81.1 cm³/mol. The van der Waals surface area contributed by atoms with Gasteiger partial charge < -0.3 is 16.0 Å². The fourth-order valence-electron chi connectivity index (χ4n) is 3.10. The number of nitrogens with two attached hydrogens (primary N) is 1. The maximum Gasteiger partial charge on any atom is 0.246 e. The van der Waals surface area contributed by atoms with E-state index in [9.17, 15) is 9.59 Å². The highest BCUT2D eigenvalue weighted by Gasteiger charge is 2.41. The Bertz CT molecular complexity index is 580. The number of hydrogen-bond donors (Lipinski definition) is 2. The molecule has 0 aromatic heterocycles. The Morgan fingerprint density at radius 3 is 2.86 bits per heavy atom. The summed E-state index contributed by atoms with van der Waals surface area (Å²) in [6.45, 7) is 1.30. The van der Waals surface area contributed by atoms with Crippen LogP contribution in [0.2, 0.25) is 0 Å². The summed E-state index contributed by atoms with van der Waals surface area (Å²) in [5, 5.41) is 2.86. The Morgan fingerprint density at radius 1 is 1.33 bits per heavy atom. The molecule has 0 saturated carbocycles. The molecule has 2 amide bonds. The minimum absolute atomic E-state index is 0.00909. The van der Waals surface area contributed by atoms with E-state index in [2.05, 4.69) is 5.32 Å². The summed E-state index contributed by atoms with van der Waals surface area (Å²) in [4.78, 5) is 25.9. The molecule has 2 unspecified atom stereocenters. The Balaban J connectivity index is 1.70. The standard InChI is InChI=1S/C16H19N3O2/c17-12-6-3-11(4-7-12)5-8-15(20)19-9-1-2-13-14(19)10-18-16(13)21/h3-8,13-14H,1-2,9-10,17H2,(H,18,21)/b8-5+. The zero-order valence-electron chi connectivity index (χ0n) is 11.8. The molecule has 0 spiro atoms. The van der Waals surface area contributed by atoms with Crippen LogP contribution >= 0.6 is 0 Å². The van der Waals surface area contributed by atoms with Crippen molar-refractivity contribution < 1.29 is 9.59 Å². The van der Waals surface area contributed by atoms with Gasteiger partial charge in [-0.15, -0.1) is 0 Å². The highest BCUT2D eigenvalue weighted by molar-refractivity contribution is 5.93. The van der Waals surface area contributed by atoms with Crippen LogP contribution in [0.3, 0.4) is 0 Å². The molecule has 2 heterocycles. The maximum atomic E-state index is 12.4. The maximum absolute atomic E-state index is 12.4. The number of fused-ring (bicyclic) bond motifs is 1. The van der Waals surface area contributed by atoms with Gasteiger partial charge in [-0.05, 0) is 36.6 Å². The van der Waals surface area contributed by atoms with Gasteiger partial charge in [0.05, 0.1) is 12.0 Å². The lowest BCUT2D eigenvalue weighted by Crippen LogP contribution is -2.48. The number of carbonyl (C=O) groups excluding carboxylic acids is 2. The highest BCUT2D eigenvalue weighted by atomic mass is 16.2. The van der Waals surface area contributed by atoms with Crippen LogP contribution in [0.1, 0.15) is 18.4 Å². The summed E-state index contributed by atoms with van der Waals surface area (Å²) in [6.07, 6.45) is 5.13. The third-order valence-corrected chi connectivity index (χ3v) is 4.24. The first-order valence-corrected chi connectivity index (χ1v) is 7.27. The van der Waals surface area contributed by atoms with Gasteiger partial charge in [0.2, 0.25) is 11.8 Å². The number of rotatable bonds is 2. The third kappa shape index (κ3) is 2.77. The van der Waals surface area contributed by atoms with Gasteiger partial charge >= 0.3 is 0 Å². The lowest BCUT2D eigenvalue weighted by atomic mass is 9.91. The van der Waals surface area contributed by atoms with Crippen LogP contribution in [0.4, 0.5) is 5.69 Å². The van der Waals surface area contributed by atoms with Crippen molar-refractivity contribution >= 4 is 23.6 Å². The number of benzene rings is 1. The van der Waals surface area contributed by atoms with E-state index in [0.29, 0.717) is 12.2 Å². The van der Waals surface area contributed by atoms with Crippen LogP contribution in [0, 0.1) is 5.92 Å². The summed E-state index contributed by atoms with van der Waals surface area (Å²) >= 11 is 0. The van der Waals surface area contributed by atoms with E-state index in [1.54, 1.807) is 24.3 Å². The molecule has 0 radical (unpaired) electrons. The molecule has 2 aliphatic heterocycles. The molecule has 5 nitrogen and oxygen atoms in total. The van der Waals surface area contributed by atoms with Gasteiger partial charge in [-0.25, -0.2) is 0 Å². The van der Waals surface area contributed by atoms with E-state index in [0.717, 1.165) is 24.9 Å². The molecular weight excluding hydrogens is 266 g/mol. The van der Waals surface area contributed by atoms with Crippen molar-refractivity contribution in [1.29, 1.82) is 0 Å². The number of nitrogens with one attached hydrogen (secondary N) is 1. The van der Waals surface area contributed by atoms with Crippen LogP contribution in [-0.4, -0.2) is 35.8 Å². The van der Waals surface area contributed by atoms with Gasteiger partial charge in [0.1, 0.15) is 0 Å². The molecule has 0 aliphatic carbocycles. The number of nitrogens with zero attached hydrogens (tertiary/aromatic N) is 1. The third-order valence-electron chi connectivity index (χ3n) is 4.24. The Labute approximate surface area is 123 Å². The van der Waals surface area contributed by atoms with E-state index in [4.69, 9.17) is 5.73 Å². The molecular formula is C16H19N3O2. The van der Waals surface area contributed by atoms with Crippen molar-refractivity contribution in [2.45, 2.75) is 18.9 Å². The topological polar surface area (TPSA) is 75.4 Å². The summed E-state index contributed by atoms with van der Waals surface area (Å²) in [5.74, 6) is 0.0191. The zero-order valence-corrected chi connectivity index (χ0v) is 11.8. The molecule has 2 fully saturated rings. The number of likely N-dealkylation sites (tertiary alicyclic amines) is 1. The fraction of sp³-hybridized carbons (Fsp3) is 0.375. The largest absolute Gasteiger partial charge is 0.399 e. The van der Waals surface area contributed by atoms with Crippen molar-refractivity contribution in [3.8, 4) is 0 Å². The van der Waals surface area contributed by atoms with Crippen molar-refractivity contribution in [2.24, 2.45) is 5.92 Å². The second-order valence-corrected chi connectivity index (χ2v) is 5.59. The average molecular weight is 285 g/mol. The molecule has 0 bridgehead atoms. The minimum Gasteiger partial charge on any atom is -0.399 e. The number of piperidine rings is 1. The van der Waals surface area contributed by atoms with E-state index in [1.807, 2.05) is 17.0 Å². The lowest BCUT2D eigenvalue weighted by Gasteiger charge is -2.35. The SMILES string of the molecule is Nc1ccc(/C=C/C(=O)N2CCCC3C(=O)NCC32)cc1. The minimum atomic E-state index is -0.0346. The molecule has 5 heteroatoms. The van der Waals surface area contributed by atoms with Crippen LogP contribution < -0.4 is 11.1 Å². The number of hydrogen-bond acceptors (Lipinski definition) is 3. The summed E-state index contributed by atoms with van der Waals surface area (Å²) in [7, 11) is 0. The van der Waals surface area contributed by atoms with Gasteiger partial charge in [-0.3, -0.25) is 9.59 Å². The first-order valence-electron chi connectivity index (χ1n) is 7.27. The zero-order chi connectivity index (χ0) is 14.8. The predicted octanol–water partition coefficient (Wildman–Crippen LogP) is 1.02. The summed E-state index contributed by atoms with van der Waals surface area (Å²) in [6, 6.07) is 7.37. The quantitative estimate of drug-likeness (QED) is 0.629. The van der Waals surface area contributed by atoms with Crippen molar-refractivity contribution in [1.82, 2.24) is 10.2 Å². The first kappa shape index (κ1) is 13.7. The van der Waals surface area contributed by atoms with Gasteiger partial charge in [-0.1, -0.05) is 12.1 Å². The van der Waals surface area contributed by atoms with E-state index in [-0.39, 0.29) is 23.8 Å². The van der Waals surface area contributed by atoms with Gasteiger partial charge in [-0.2, -0.15) is 0 Å². The van der Waals surface area contributed by atoms with E-state index in [1.165, 1.54) is 0 Å². The number of carbonyl (C=O) groups is 2. The van der Waals surface area contributed by atoms with Crippen LogP contribution in [0.5, 0.6) is 0 Å². The molecule has 2 atom stereocenters. The number of amides is 2. The van der Waals surface area contributed by atoms with Crippen molar-refractivity contribution in [3.63, 3.8) is 0 Å². The molecule has 110 valence electrons. The molecule has 3 N–H and O–H groups in total. The first-order chi connectivity index (χ1) is 10.1. The number of anilines is 1. The Hall–Kier alpha value is -2.30. The number of nitrogen functional groups attached to an aromatic ring is 1. The second-order valence-electron chi connectivity index (χ2n) is 5.59. The van der Waals surface area contributed by atoms with E-state index >= 15 is 0 Å². The molecule has 1 aromatic carbocycles. The molecule has 2 saturated heterocycles. The summed E-state index contributed by atoms with van der Waals surface area (Å²) in [5.41, 5.74) is 7.27. The Kier molecular flexibility index (Phi) is 3.64. The van der Waals surface area contributed by atoms with Crippen LogP contribution in [0.15, 0.2) is 30.3 Å².